The van der Waals surface area contributed by atoms with E-state index in [0.29, 0.717) is 0 Å². The molecule has 24 unspecified atom stereocenters. The van der Waals surface area contributed by atoms with Crippen LogP contribution < -0.4 is 0 Å². The molecule has 5 rings (SSSR count). The van der Waals surface area contributed by atoms with Crippen LogP contribution in [0.2, 0.25) is 0 Å². The van der Waals surface area contributed by atoms with Crippen molar-refractivity contribution in [1.82, 2.24) is 0 Å². The van der Waals surface area contributed by atoms with Gasteiger partial charge in [0.2, 0.25) is 31.5 Å². The molecular formula is C51H88O39. The maximum atomic E-state index is 11.3. The van der Waals surface area contributed by atoms with Crippen molar-refractivity contribution in [2.45, 2.75) is 207 Å². The van der Waals surface area contributed by atoms with Crippen molar-refractivity contribution in [2.75, 3.05) is 46.2 Å². The van der Waals surface area contributed by atoms with E-state index in [4.69, 9.17) is 47.4 Å². The lowest BCUT2D eigenvalue weighted by Gasteiger charge is -2.43. The lowest BCUT2D eigenvalue weighted by Crippen LogP contribution is -2.62. The fraction of sp³-hybridized carbons (Fsp3) is 0.804. The number of hydrogen-bond acceptors (Lipinski definition) is 39. The van der Waals surface area contributed by atoms with Crippen LogP contribution in [0.5, 0.6) is 0 Å². The highest BCUT2D eigenvalue weighted by atomic mass is 16.7. The molecule has 29 N–H and O–H groups in total. The average Bonchev–Trinajstić information content (AvgIpc) is 0.830. The smallest absolute Gasteiger partial charge is 0.218 e. The second-order valence-corrected chi connectivity index (χ2v) is 21.0. The first-order chi connectivity index (χ1) is 42.3. The number of hydrogen-bond donors (Lipinski definition) is 29. The van der Waals surface area contributed by atoms with E-state index in [1.807, 2.05) is 0 Å². The molecule has 2 saturated heterocycles. The van der Waals surface area contributed by atoms with Crippen molar-refractivity contribution >= 4 is 0 Å². The van der Waals surface area contributed by atoms with Crippen molar-refractivity contribution in [2.24, 2.45) is 5.92 Å². The van der Waals surface area contributed by atoms with Gasteiger partial charge in [0.05, 0.1) is 32.0 Å². The van der Waals surface area contributed by atoms with E-state index in [0.717, 1.165) is 0 Å². The molecule has 2 fully saturated rings. The summed E-state index contributed by atoms with van der Waals surface area (Å²) in [6.45, 7) is -4.02. The minimum Gasteiger partial charge on any atom is -0.506 e. The summed E-state index contributed by atoms with van der Waals surface area (Å²) >= 11 is 0. The van der Waals surface area contributed by atoms with Crippen LogP contribution in [-0.4, -0.2) is 342 Å². The van der Waals surface area contributed by atoms with Crippen molar-refractivity contribution in [3.63, 3.8) is 0 Å². The van der Waals surface area contributed by atoms with Gasteiger partial charge >= 0.3 is 0 Å². The van der Waals surface area contributed by atoms with Crippen molar-refractivity contribution in [3.05, 3.63) is 57.6 Å². The highest BCUT2D eigenvalue weighted by Gasteiger charge is 2.51. The standard InChI is InChI=1S/C51H88O39/c1-17(2)3-4-20-28(61)35(68)45(76)81-18(14-56)13-19(59)27(60)44(75)89-42-25(15-57)88-51(41(74)33(42)66)86-24(8-12-55)32(65)38(71)48(79)83-22(6-10-53)30(63)36(69)46(77)82-21(5-9-52)29(62)37(70)47(78)84-23(7-11-54)31(64)39(72)49(80)90-43-26(16-58)87-50(85-20)40(73)34(43)67/h17-27,33-34,40-80H,3-16H2,1-2H3/b35-28?,36-30+,37-29+,38-32+,39-31+. The van der Waals surface area contributed by atoms with Crippen LogP contribution in [0.15, 0.2) is 57.6 Å². The Balaban J connectivity index is 2.17. The molecule has 5 aliphatic rings. The topological polar surface area (TPSA) is 679 Å². The van der Waals surface area contributed by atoms with Crippen molar-refractivity contribution < 1.29 is 195 Å². The van der Waals surface area contributed by atoms with Gasteiger partial charge in [-0.05, 0) is 18.8 Å². The normalized spacial score (nSPS) is 41.9. The Kier molecular flexibility index (Phi) is 33.7. The zero-order valence-corrected chi connectivity index (χ0v) is 48.4. The predicted octanol–water partition coefficient (Wildman–Crippen LogP) is -7.42. The summed E-state index contributed by atoms with van der Waals surface area (Å²) in [6.07, 6.45) is -59.9. The molecule has 0 saturated carbocycles. The monoisotopic (exact) mass is 1320 g/mol. The number of fused-ring (bicyclic) bond motifs is 2. The van der Waals surface area contributed by atoms with Gasteiger partial charge in [-0.15, -0.1) is 0 Å². The Bertz CT molecular complexity index is 2280. The minimum absolute atomic E-state index is 0.131. The molecule has 90 heavy (non-hydrogen) atoms. The van der Waals surface area contributed by atoms with Gasteiger partial charge in [-0.1, -0.05) is 13.8 Å². The number of ether oxygens (including phenoxy) is 10. The number of rotatable bonds is 14. The Morgan fingerprint density at radius 2 is 0.622 bits per heavy atom. The molecule has 5 aliphatic heterocycles. The third-order valence-electron chi connectivity index (χ3n) is 14.0. The first kappa shape index (κ1) is 79.8. The van der Waals surface area contributed by atoms with Gasteiger partial charge in [-0.25, -0.2) is 0 Å². The summed E-state index contributed by atoms with van der Waals surface area (Å²) in [4.78, 5) is 0. The van der Waals surface area contributed by atoms with Crippen LogP contribution in [0.25, 0.3) is 0 Å². The first-order valence-corrected chi connectivity index (χ1v) is 27.9. The van der Waals surface area contributed by atoms with E-state index in [1.165, 1.54) is 0 Å². The van der Waals surface area contributed by atoms with Crippen LogP contribution in [-0.2, 0) is 47.4 Å². The zero-order chi connectivity index (χ0) is 68.2. The van der Waals surface area contributed by atoms with Crippen molar-refractivity contribution in [1.29, 1.82) is 0 Å². The second-order valence-electron chi connectivity index (χ2n) is 21.0. The van der Waals surface area contributed by atoms with E-state index >= 15 is 0 Å². The Morgan fingerprint density at radius 3 is 0.933 bits per heavy atom. The Hall–Kier alpha value is -4.46. The van der Waals surface area contributed by atoms with E-state index in [1.54, 1.807) is 13.8 Å². The van der Waals surface area contributed by atoms with Gasteiger partial charge < -0.3 is 195 Å². The molecular weight excluding hydrogens is 1240 g/mol. The highest BCUT2D eigenvalue weighted by Crippen LogP contribution is 2.33. The maximum Gasteiger partial charge on any atom is 0.218 e. The summed E-state index contributed by atoms with van der Waals surface area (Å²) in [5.41, 5.74) is 0. The van der Waals surface area contributed by atoms with Crippen molar-refractivity contribution in [3.8, 4) is 0 Å². The molecule has 39 heteroatoms. The van der Waals surface area contributed by atoms with Crippen LogP contribution in [0.4, 0.5) is 0 Å². The predicted molar refractivity (Wildman–Crippen MR) is 287 cm³/mol. The fourth-order valence-corrected chi connectivity index (χ4v) is 8.88. The average molecular weight is 1330 g/mol. The van der Waals surface area contributed by atoms with Gasteiger partial charge in [0.25, 0.3) is 0 Å². The Labute approximate surface area is 511 Å². The number of aliphatic hydroxyl groups is 29. The molecule has 0 amide bonds. The molecule has 0 aromatic heterocycles. The van der Waals surface area contributed by atoms with Gasteiger partial charge in [0, 0.05) is 58.5 Å². The Morgan fingerprint density at radius 1 is 0.322 bits per heavy atom. The van der Waals surface area contributed by atoms with E-state index in [2.05, 4.69) is 0 Å². The van der Waals surface area contributed by atoms with Crippen LogP contribution in [0.3, 0.4) is 0 Å². The third-order valence-corrected chi connectivity index (χ3v) is 14.0. The van der Waals surface area contributed by atoms with Gasteiger partial charge in [0.1, 0.15) is 85.5 Å². The SMILES string of the molecule is CC(C)CCC1OC2OC(CO)C(OC(O)/C(O)=C(\O)C(CCO)OC(O)/C(O)=C(\O)C(CCO)OC(O)/C(O)=C(\O)C(CCO)OC(O)/C(O)=C(\O)C(CCO)OC3OC(CO)C(OC(O)C(O)C(O)CC(CO)OC(O)C(O)=C1O)C(O)C3O)C(O)C2O. The van der Waals surface area contributed by atoms with Gasteiger partial charge in [-0.2, -0.15) is 0 Å². The quantitative estimate of drug-likeness (QED) is 0.0768. The second kappa shape index (κ2) is 38.0. The van der Waals surface area contributed by atoms with Gasteiger partial charge in [-0.3, -0.25) is 0 Å². The van der Waals surface area contributed by atoms with Gasteiger partial charge in [0.15, 0.2) is 76.5 Å². The van der Waals surface area contributed by atoms with Crippen LogP contribution in [0.1, 0.15) is 58.8 Å². The van der Waals surface area contributed by atoms with E-state index in [-0.39, 0.29) is 18.8 Å². The fourth-order valence-electron chi connectivity index (χ4n) is 8.88. The summed E-state index contributed by atoms with van der Waals surface area (Å²) in [7, 11) is 0. The summed E-state index contributed by atoms with van der Waals surface area (Å²) in [5, 5.41) is 310. The van der Waals surface area contributed by atoms with E-state index < -0.39 is 284 Å². The highest BCUT2D eigenvalue weighted by molar-refractivity contribution is 5.14. The molecule has 0 aromatic rings. The minimum atomic E-state index is -2.88. The maximum absolute atomic E-state index is 11.3. The van der Waals surface area contributed by atoms with E-state index in [9.17, 15) is 148 Å². The third kappa shape index (κ3) is 21.5. The molecule has 39 nitrogen and oxygen atoms in total. The molecule has 0 spiro atoms. The molecule has 0 aliphatic carbocycles. The van der Waals surface area contributed by atoms with Crippen LogP contribution >= 0.6 is 0 Å². The lowest BCUT2D eigenvalue weighted by molar-refractivity contribution is -0.338. The molecule has 0 radical (unpaired) electrons. The number of aliphatic hydroxyl groups excluding tert-OH is 29. The molecule has 4 bridgehead atoms. The lowest BCUT2D eigenvalue weighted by atomic mass is 9.98. The largest absolute Gasteiger partial charge is 0.506 e. The summed E-state index contributed by atoms with van der Waals surface area (Å²) < 4.78 is 53.1. The molecule has 24 atom stereocenters. The summed E-state index contributed by atoms with van der Waals surface area (Å²) in [6, 6.07) is 0. The molecule has 0 aromatic carbocycles. The molecule has 526 valence electrons. The molecule has 5 heterocycles. The first-order valence-electron chi connectivity index (χ1n) is 27.9. The van der Waals surface area contributed by atoms with Crippen LogP contribution in [0, 0.1) is 5.92 Å². The zero-order valence-electron chi connectivity index (χ0n) is 48.4. The summed E-state index contributed by atoms with van der Waals surface area (Å²) in [5.74, 6) is -15.6.